The molecule has 0 radical (unpaired) electrons. The van der Waals surface area contributed by atoms with Crippen LogP contribution in [0.4, 0.5) is 0 Å². The van der Waals surface area contributed by atoms with Crippen molar-refractivity contribution in [2.45, 2.75) is 40.2 Å². The first-order chi connectivity index (χ1) is 8.45. The fourth-order valence-corrected chi connectivity index (χ4v) is 2.96. The molecular formula is C13H16N2O2S. The lowest BCUT2D eigenvalue weighted by Crippen LogP contribution is -2.29. The van der Waals surface area contributed by atoms with E-state index < -0.39 is 6.04 Å². The molecule has 0 unspecified atom stereocenters. The van der Waals surface area contributed by atoms with Gasteiger partial charge in [0.25, 0.3) is 5.56 Å². The second kappa shape index (κ2) is 4.65. The van der Waals surface area contributed by atoms with Crippen LogP contribution in [0.1, 0.15) is 37.5 Å². The molecule has 2 heterocycles. The zero-order valence-electron chi connectivity index (χ0n) is 11.0. The molecule has 0 amide bonds. The van der Waals surface area contributed by atoms with E-state index in [1.165, 1.54) is 11.5 Å². The highest BCUT2D eigenvalue weighted by Crippen LogP contribution is 2.22. The Morgan fingerprint density at radius 1 is 1.56 bits per heavy atom. The summed E-state index contributed by atoms with van der Waals surface area (Å²) in [6.45, 7) is 7.04. The van der Waals surface area contributed by atoms with Crippen molar-refractivity contribution in [1.29, 1.82) is 0 Å². The number of aryl methyl sites for hydroxylation is 2. The van der Waals surface area contributed by atoms with Gasteiger partial charge in [-0.05, 0) is 33.3 Å². The van der Waals surface area contributed by atoms with Gasteiger partial charge >= 0.3 is 0 Å². The van der Waals surface area contributed by atoms with E-state index in [-0.39, 0.29) is 11.3 Å². The molecule has 0 bridgehead atoms. The molecule has 0 aliphatic rings. The van der Waals surface area contributed by atoms with E-state index in [1.807, 2.05) is 13.0 Å². The molecule has 96 valence electrons. The van der Waals surface area contributed by atoms with Gasteiger partial charge in [-0.2, -0.15) is 0 Å². The maximum atomic E-state index is 12.4. The fourth-order valence-electron chi connectivity index (χ4n) is 1.96. The average Bonchev–Trinajstić information content (AvgIpc) is 2.71. The van der Waals surface area contributed by atoms with Crippen LogP contribution < -0.4 is 5.56 Å². The Kier molecular flexibility index (Phi) is 3.34. The predicted molar refractivity (Wildman–Crippen MR) is 73.4 cm³/mol. The lowest BCUT2D eigenvalue weighted by atomic mass is 10.2. The Bertz CT molecular complexity index is 669. The summed E-state index contributed by atoms with van der Waals surface area (Å²) in [6, 6.07) is 1.43. The molecule has 0 saturated carbocycles. The molecule has 0 fully saturated rings. The maximum Gasteiger partial charge on any atom is 0.262 e. The lowest BCUT2D eigenvalue weighted by Gasteiger charge is -2.14. The standard InChI is InChI=1S/C13H16N2O2S/c1-5-10-6-11-12(18-10)14-9(4)15(13(11)17)7(2)8(3)16/h6-7H,5H2,1-4H3/t7-/m1/s1. The van der Waals surface area contributed by atoms with Crippen molar-refractivity contribution in [1.82, 2.24) is 9.55 Å². The van der Waals surface area contributed by atoms with Crippen molar-refractivity contribution in [3.05, 3.63) is 27.1 Å². The minimum absolute atomic E-state index is 0.0349. The second-order valence-corrected chi connectivity index (χ2v) is 5.52. The number of aromatic nitrogens is 2. The molecule has 18 heavy (non-hydrogen) atoms. The number of hydrogen-bond donors (Lipinski definition) is 0. The van der Waals surface area contributed by atoms with E-state index in [4.69, 9.17) is 0 Å². The third-order valence-corrected chi connectivity index (χ3v) is 4.32. The van der Waals surface area contributed by atoms with E-state index in [1.54, 1.807) is 25.2 Å². The van der Waals surface area contributed by atoms with Gasteiger partial charge in [0, 0.05) is 4.88 Å². The third-order valence-electron chi connectivity index (χ3n) is 3.15. The molecular weight excluding hydrogens is 248 g/mol. The summed E-state index contributed by atoms with van der Waals surface area (Å²) in [5.74, 6) is 0.562. The highest BCUT2D eigenvalue weighted by Gasteiger charge is 2.18. The van der Waals surface area contributed by atoms with Crippen LogP contribution in [0, 0.1) is 6.92 Å². The summed E-state index contributed by atoms with van der Waals surface area (Å²) in [4.78, 5) is 30.2. The maximum absolute atomic E-state index is 12.4. The van der Waals surface area contributed by atoms with Crippen LogP contribution in [-0.4, -0.2) is 15.3 Å². The van der Waals surface area contributed by atoms with Gasteiger partial charge in [-0.25, -0.2) is 4.98 Å². The molecule has 0 saturated heterocycles. The first-order valence-electron chi connectivity index (χ1n) is 5.97. The van der Waals surface area contributed by atoms with E-state index >= 15 is 0 Å². The minimum atomic E-state index is -0.459. The number of Topliss-reactive ketones (excluding diaryl/α,β-unsaturated/α-hetero) is 1. The zero-order valence-corrected chi connectivity index (χ0v) is 11.8. The molecule has 2 aromatic rings. The summed E-state index contributed by atoms with van der Waals surface area (Å²) in [5, 5.41) is 0.621. The Morgan fingerprint density at radius 3 is 2.78 bits per heavy atom. The van der Waals surface area contributed by atoms with E-state index in [2.05, 4.69) is 4.98 Å². The van der Waals surface area contributed by atoms with Gasteiger partial charge in [-0.3, -0.25) is 14.2 Å². The van der Waals surface area contributed by atoms with E-state index in [0.717, 1.165) is 16.1 Å². The number of fused-ring (bicyclic) bond motifs is 1. The number of thiophene rings is 1. The van der Waals surface area contributed by atoms with Crippen LogP contribution in [0.25, 0.3) is 10.2 Å². The van der Waals surface area contributed by atoms with Gasteiger partial charge in [-0.1, -0.05) is 6.92 Å². The topological polar surface area (TPSA) is 52.0 Å². The summed E-state index contributed by atoms with van der Waals surface area (Å²) >= 11 is 1.55. The Balaban J connectivity index is 2.75. The summed E-state index contributed by atoms with van der Waals surface area (Å²) in [7, 11) is 0. The predicted octanol–water partition coefficient (Wildman–Crippen LogP) is 2.48. The highest BCUT2D eigenvalue weighted by molar-refractivity contribution is 7.18. The van der Waals surface area contributed by atoms with Gasteiger partial charge in [0.15, 0.2) is 5.78 Å². The van der Waals surface area contributed by atoms with Gasteiger partial charge in [-0.15, -0.1) is 11.3 Å². The Labute approximate surface area is 109 Å². The van der Waals surface area contributed by atoms with Crippen LogP contribution in [0.3, 0.4) is 0 Å². The number of nitrogens with zero attached hydrogens (tertiary/aromatic N) is 2. The van der Waals surface area contributed by atoms with Crippen LogP contribution in [-0.2, 0) is 11.2 Å². The van der Waals surface area contributed by atoms with Gasteiger partial charge in [0.2, 0.25) is 0 Å². The summed E-state index contributed by atoms with van der Waals surface area (Å²) in [6.07, 6.45) is 0.891. The molecule has 2 aromatic heterocycles. The van der Waals surface area contributed by atoms with E-state index in [0.29, 0.717) is 11.2 Å². The molecule has 0 spiro atoms. The first kappa shape index (κ1) is 13.0. The first-order valence-corrected chi connectivity index (χ1v) is 6.79. The van der Waals surface area contributed by atoms with Crippen LogP contribution in [0.5, 0.6) is 0 Å². The fraction of sp³-hybridized carbons (Fsp3) is 0.462. The average molecular weight is 264 g/mol. The highest BCUT2D eigenvalue weighted by atomic mass is 32.1. The largest absolute Gasteiger partial charge is 0.298 e. The quantitative estimate of drug-likeness (QED) is 0.855. The van der Waals surface area contributed by atoms with Gasteiger partial charge in [0.1, 0.15) is 10.7 Å². The van der Waals surface area contributed by atoms with Crippen LogP contribution in [0.2, 0.25) is 0 Å². The van der Waals surface area contributed by atoms with Gasteiger partial charge in [0.05, 0.1) is 11.4 Å². The van der Waals surface area contributed by atoms with Crippen molar-refractivity contribution < 1.29 is 4.79 Å². The Morgan fingerprint density at radius 2 is 2.22 bits per heavy atom. The zero-order chi connectivity index (χ0) is 13.4. The number of ketones is 1. The number of hydrogen-bond acceptors (Lipinski definition) is 4. The normalized spacial score (nSPS) is 12.9. The molecule has 5 heteroatoms. The molecule has 0 aliphatic heterocycles. The van der Waals surface area contributed by atoms with Crippen LogP contribution >= 0.6 is 11.3 Å². The third kappa shape index (κ3) is 1.99. The van der Waals surface area contributed by atoms with Crippen molar-refractivity contribution in [2.75, 3.05) is 0 Å². The van der Waals surface area contributed by atoms with Crippen molar-refractivity contribution in [3.8, 4) is 0 Å². The van der Waals surface area contributed by atoms with Gasteiger partial charge < -0.3 is 0 Å². The molecule has 0 aromatic carbocycles. The van der Waals surface area contributed by atoms with Crippen molar-refractivity contribution in [2.24, 2.45) is 0 Å². The summed E-state index contributed by atoms with van der Waals surface area (Å²) in [5.41, 5.74) is -0.115. The Hall–Kier alpha value is -1.49. The summed E-state index contributed by atoms with van der Waals surface area (Å²) < 4.78 is 1.48. The lowest BCUT2D eigenvalue weighted by molar-refractivity contribution is -0.119. The molecule has 0 aliphatic carbocycles. The number of carbonyl (C=O) groups excluding carboxylic acids is 1. The van der Waals surface area contributed by atoms with Crippen molar-refractivity contribution >= 4 is 27.3 Å². The molecule has 4 nitrogen and oxygen atoms in total. The van der Waals surface area contributed by atoms with Crippen LogP contribution in [0.15, 0.2) is 10.9 Å². The van der Waals surface area contributed by atoms with Crippen molar-refractivity contribution in [3.63, 3.8) is 0 Å². The monoisotopic (exact) mass is 264 g/mol. The smallest absolute Gasteiger partial charge is 0.262 e. The number of rotatable bonds is 3. The van der Waals surface area contributed by atoms with E-state index in [9.17, 15) is 9.59 Å². The molecule has 2 rings (SSSR count). The minimum Gasteiger partial charge on any atom is -0.298 e. The number of carbonyl (C=O) groups is 1. The molecule has 1 atom stereocenters. The molecule has 0 N–H and O–H groups in total. The second-order valence-electron chi connectivity index (χ2n) is 4.41. The SMILES string of the molecule is CCc1cc2c(=O)n([C@H](C)C(C)=O)c(C)nc2s1.